The molecule has 22 heavy (non-hydrogen) atoms. The molecule has 1 fully saturated rings. The molecular formula is C17H25ClN2O2. The first-order valence-corrected chi connectivity index (χ1v) is 8.42. The van der Waals surface area contributed by atoms with Crippen molar-refractivity contribution >= 4 is 23.3 Å². The van der Waals surface area contributed by atoms with Crippen molar-refractivity contribution in [1.82, 2.24) is 4.90 Å². The van der Waals surface area contributed by atoms with Gasteiger partial charge in [-0.3, -0.25) is 0 Å². The topological polar surface area (TPSA) is 55.6 Å². The van der Waals surface area contributed by atoms with Gasteiger partial charge in [-0.2, -0.15) is 0 Å². The zero-order valence-electron chi connectivity index (χ0n) is 13.2. The Hall–Kier alpha value is -1.26. The zero-order valence-corrected chi connectivity index (χ0v) is 13.9. The van der Waals surface area contributed by atoms with Crippen molar-refractivity contribution in [3.8, 4) is 0 Å². The number of rotatable bonds is 6. The normalized spacial score (nSPS) is 16.6. The number of nitrogens with zero attached hydrogens (tertiary/aromatic N) is 1. The summed E-state index contributed by atoms with van der Waals surface area (Å²) in [6.07, 6.45) is 4.67. The Bertz CT molecular complexity index is 499. The highest BCUT2D eigenvalue weighted by Crippen LogP contribution is 2.22. The van der Waals surface area contributed by atoms with Crippen molar-refractivity contribution < 1.29 is 9.53 Å². The predicted octanol–water partition coefficient (Wildman–Crippen LogP) is 3.59. The average molecular weight is 325 g/mol. The van der Waals surface area contributed by atoms with Crippen molar-refractivity contribution in [3.63, 3.8) is 0 Å². The van der Waals surface area contributed by atoms with Crippen molar-refractivity contribution in [2.45, 2.75) is 32.6 Å². The van der Waals surface area contributed by atoms with E-state index in [1.54, 1.807) is 18.2 Å². The minimum Gasteiger partial charge on any atom is -0.462 e. The number of nitrogens with two attached hydrogens (primary N) is 1. The molecule has 1 heterocycles. The minimum atomic E-state index is -0.363. The second kappa shape index (κ2) is 8.39. The maximum absolute atomic E-state index is 12.1. The molecule has 1 saturated heterocycles. The summed E-state index contributed by atoms with van der Waals surface area (Å²) in [5.74, 6) is 0.0906. The summed E-state index contributed by atoms with van der Waals surface area (Å²) in [5.41, 5.74) is 6.55. The lowest BCUT2D eigenvalue weighted by molar-refractivity contribution is 0.0372. The van der Waals surface area contributed by atoms with E-state index in [1.807, 2.05) is 0 Å². The standard InChI is InChI=1S/C17H25ClN2O2/c1-2-3-8-20-9-6-13(7-10-20)12-22-17(21)15-5-4-14(19)11-16(15)18/h4-5,11,13H,2-3,6-10,12,19H2,1H3. The van der Waals surface area contributed by atoms with E-state index in [0.29, 0.717) is 28.8 Å². The van der Waals surface area contributed by atoms with E-state index >= 15 is 0 Å². The van der Waals surface area contributed by atoms with Gasteiger partial charge in [-0.25, -0.2) is 4.79 Å². The molecule has 0 radical (unpaired) electrons. The fourth-order valence-corrected chi connectivity index (χ4v) is 2.99. The van der Waals surface area contributed by atoms with Gasteiger partial charge in [0.05, 0.1) is 17.2 Å². The number of piperidine rings is 1. The summed E-state index contributed by atoms with van der Waals surface area (Å²) >= 11 is 6.03. The maximum atomic E-state index is 12.1. The molecule has 1 aromatic rings. The van der Waals surface area contributed by atoms with E-state index in [-0.39, 0.29) is 5.97 Å². The van der Waals surface area contributed by atoms with Crippen molar-refractivity contribution in [1.29, 1.82) is 0 Å². The number of likely N-dealkylation sites (tertiary alicyclic amines) is 1. The Kier molecular flexibility index (Phi) is 6.52. The van der Waals surface area contributed by atoms with Crippen LogP contribution in [0, 0.1) is 5.92 Å². The molecule has 1 aromatic carbocycles. The van der Waals surface area contributed by atoms with Gasteiger partial charge in [0.2, 0.25) is 0 Å². The molecule has 1 aliphatic heterocycles. The van der Waals surface area contributed by atoms with Crippen LogP contribution in [0.25, 0.3) is 0 Å². The Labute approximate surface area is 137 Å². The van der Waals surface area contributed by atoms with Crippen LogP contribution in [-0.2, 0) is 4.74 Å². The highest BCUT2D eigenvalue weighted by Gasteiger charge is 2.21. The van der Waals surface area contributed by atoms with Crippen LogP contribution in [0.4, 0.5) is 5.69 Å². The van der Waals surface area contributed by atoms with Crippen LogP contribution >= 0.6 is 11.6 Å². The molecule has 0 atom stereocenters. The summed E-state index contributed by atoms with van der Waals surface area (Å²) in [6, 6.07) is 4.85. The van der Waals surface area contributed by atoms with Gasteiger partial charge >= 0.3 is 5.97 Å². The van der Waals surface area contributed by atoms with E-state index < -0.39 is 0 Å². The molecule has 122 valence electrons. The molecule has 5 heteroatoms. The van der Waals surface area contributed by atoms with E-state index in [9.17, 15) is 4.79 Å². The van der Waals surface area contributed by atoms with Gasteiger partial charge in [-0.15, -0.1) is 0 Å². The van der Waals surface area contributed by atoms with Gasteiger partial charge in [0, 0.05) is 5.69 Å². The van der Waals surface area contributed by atoms with Crippen molar-refractivity contribution in [2.24, 2.45) is 5.92 Å². The number of hydrogen-bond donors (Lipinski definition) is 1. The molecule has 0 bridgehead atoms. The van der Waals surface area contributed by atoms with Gasteiger partial charge in [0.15, 0.2) is 0 Å². The van der Waals surface area contributed by atoms with Crippen LogP contribution < -0.4 is 5.73 Å². The van der Waals surface area contributed by atoms with Crippen LogP contribution in [0.3, 0.4) is 0 Å². The van der Waals surface area contributed by atoms with Gasteiger partial charge in [0.25, 0.3) is 0 Å². The first-order valence-electron chi connectivity index (χ1n) is 8.04. The van der Waals surface area contributed by atoms with Crippen molar-refractivity contribution in [2.75, 3.05) is 32.0 Å². The van der Waals surface area contributed by atoms with E-state index in [1.165, 1.54) is 19.4 Å². The Morgan fingerprint density at radius 1 is 1.41 bits per heavy atom. The Morgan fingerprint density at radius 2 is 2.14 bits per heavy atom. The molecule has 0 saturated carbocycles. The summed E-state index contributed by atoms with van der Waals surface area (Å²) in [4.78, 5) is 14.6. The Morgan fingerprint density at radius 3 is 2.77 bits per heavy atom. The first kappa shape index (κ1) is 17.1. The molecule has 4 nitrogen and oxygen atoms in total. The highest BCUT2D eigenvalue weighted by molar-refractivity contribution is 6.33. The molecule has 0 aromatic heterocycles. The second-order valence-electron chi connectivity index (χ2n) is 5.98. The lowest BCUT2D eigenvalue weighted by Gasteiger charge is -2.31. The number of nitrogen functional groups attached to an aromatic ring is 1. The molecular weight excluding hydrogens is 300 g/mol. The smallest absolute Gasteiger partial charge is 0.339 e. The fourth-order valence-electron chi connectivity index (χ4n) is 2.73. The predicted molar refractivity (Wildman–Crippen MR) is 90.2 cm³/mol. The third kappa shape index (κ3) is 4.89. The third-order valence-corrected chi connectivity index (χ3v) is 4.51. The average Bonchev–Trinajstić information content (AvgIpc) is 2.51. The second-order valence-corrected chi connectivity index (χ2v) is 6.38. The highest BCUT2D eigenvalue weighted by atomic mass is 35.5. The van der Waals surface area contributed by atoms with E-state index in [0.717, 1.165) is 25.9 Å². The summed E-state index contributed by atoms with van der Waals surface area (Å²) in [5, 5.41) is 0.347. The molecule has 2 rings (SSSR count). The van der Waals surface area contributed by atoms with Gasteiger partial charge in [-0.05, 0) is 63.0 Å². The van der Waals surface area contributed by atoms with E-state index in [4.69, 9.17) is 22.1 Å². The van der Waals surface area contributed by atoms with Gasteiger partial charge < -0.3 is 15.4 Å². The number of esters is 1. The molecule has 1 aliphatic rings. The van der Waals surface area contributed by atoms with Crippen LogP contribution in [0.2, 0.25) is 5.02 Å². The van der Waals surface area contributed by atoms with E-state index in [2.05, 4.69) is 11.8 Å². The molecule has 0 amide bonds. The molecule has 2 N–H and O–H groups in total. The Balaban J connectivity index is 1.75. The number of ether oxygens (including phenoxy) is 1. The SMILES string of the molecule is CCCCN1CCC(COC(=O)c2ccc(N)cc2Cl)CC1. The van der Waals surface area contributed by atoms with Crippen LogP contribution in [-0.4, -0.2) is 37.1 Å². The molecule has 0 spiro atoms. The minimum absolute atomic E-state index is 0.347. The number of halogens is 1. The third-order valence-electron chi connectivity index (χ3n) is 4.20. The number of carbonyl (C=O) groups is 1. The summed E-state index contributed by atoms with van der Waals surface area (Å²) in [7, 11) is 0. The first-order chi connectivity index (χ1) is 10.6. The van der Waals surface area contributed by atoms with Crippen LogP contribution in [0.1, 0.15) is 43.0 Å². The lowest BCUT2D eigenvalue weighted by atomic mass is 9.97. The zero-order chi connectivity index (χ0) is 15.9. The fraction of sp³-hybridized carbons (Fsp3) is 0.588. The van der Waals surface area contributed by atoms with Gasteiger partial charge in [-0.1, -0.05) is 24.9 Å². The van der Waals surface area contributed by atoms with Crippen molar-refractivity contribution in [3.05, 3.63) is 28.8 Å². The number of carbonyl (C=O) groups excluding carboxylic acids is 1. The number of hydrogen-bond acceptors (Lipinski definition) is 4. The quantitative estimate of drug-likeness (QED) is 0.641. The number of benzene rings is 1. The van der Waals surface area contributed by atoms with Crippen LogP contribution in [0.5, 0.6) is 0 Å². The maximum Gasteiger partial charge on any atom is 0.339 e. The summed E-state index contributed by atoms with van der Waals surface area (Å²) in [6.45, 7) is 6.08. The largest absolute Gasteiger partial charge is 0.462 e. The lowest BCUT2D eigenvalue weighted by Crippen LogP contribution is -2.36. The van der Waals surface area contributed by atoms with Crippen LogP contribution in [0.15, 0.2) is 18.2 Å². The molecule has 0 unspecified atom stereocenters. The monoisotopic (exact) mass is 324 g/mol. The van der Waals surface area contributed by atoms with Gasteiger partial charge in [0.1, 0.15) is 0 Å². The molecule has 0 aliphatic carbocycles. The number of unbranched alkanes of at least 4 members (excludes halogenated alkanes) is 1. The number of anilines is 1. The summed E-state index contributed by atoms with van der Waals surface area (Å²) < 4.78 is 5.42.